The van der Waals surface area contributed by atoms with E-state index in [2.05, 4.69) is 21.0 Å². The third-order valence-electron chi connectivity index (χ3n) is 4.00. The number of halogens is 1. The monoisotopic (exact) mass is 427 g/mol. The van der Waals surface area contributed by atoms with Gasteiger partial charge < -0.3 is 4.90 Å². The molecule has 0 spiro atoms. The Bertz CT molecular complexity index is 892. The van der Waals surface area contributed by atoms with Crippen LogP contribution in [0.5, 0.6) is 0 Å². The van der Waals surface area contributed by atoms with Gasteiger partial charge in [0.25, 0.3) is 0 Å². The fraction of sp³-hybridized carbons (Fsp3) is 0.412. The minimum Gasteiger partial charge on any atom is -0.323 e. The molecule has 0 fully saturated rings. The Morgan fingerprint density at radius 2 is 1.68 bits per heavy atom. The van der Waals surface area contributed by atoms with Crippen molar-refractivity contribution in [2.75, 3.05) is 13.1 Å². The highest BCUT2D eigenvalue weighted by Gasteiger charge is 2.29. The summed E-state index contributed by atoms with van der Waals surface area (Å²) in [5, 5.41) is 3.92. The zero-order valence-electron chi connectivity index (χ0n) is 15.0. The predicted octanol–water partition coefficient (Wildman–Crippen LogP) is 3.71. The van der Waals surface area contributed by atoms with E-state index in [4.69, 9.17) is 0 Å². The van der Waals surface area contributed by atoms with Crippen LogP contribution in [0.3, 0.4) is 0 Å². The molecule has 0 radical (unpaired) electrons. The van der Waals surface area contributed by atoms with E-state index in [1.807, 2.05) is 32.9 Å². The average molecular weight is 428 g/mol. The van der Waals surface area contributed by atoms with E-state index in [0.29, 0.717) is 24.2 Å². The Kier molecular flexibility index (Phi) is 5.73. The molecule has 0 saturated carbocycles. The number of amides is 1. The van der Waals surface area contributed by atoms with E-state index in [-0.39, 0.29) is 20.4 Å². The molecule has 0 aliphatic heterocycles. The topological polar surface area (TPSA) is 72.3 Å². The van der Waals surface area contributed by atoms with Crippen LogP contribution in [0, 0.1) is 20.8 Å². The molecular formula is C17H22BrN3O3S. The summed E-state index contributed by atoms with van der Waals surface area (Å²) in [5.74, 6) is 0. The molecule has 0 saturated heterocycles. The lowest BCUT2D eigenvalue weighted by atomic mass is 10.1. The molecule has 8 heteroatoms. The van der Waals surface area contributed by atoms with Gasteiger partial charge in [-0.05, 0) is 61.7 Å². The van der Waals surface area contributed by atoms with E-state index >= 15 is 0 Å². The molecule has 2 rings (SSSR count). The normalized spacial score (nSPS) is 11.6. The summed E-state index contributed by atoms with van der Waals surface area (Å²) in [6, 6.07) is 3.29. The minimum atomic E-state index is -3.85. The number of carbonyl (C=O) groups is 1. The maximum absolute atomic E-state index is 13.1. The second-order valence-electron chi connectivity index (χ2n) is 5.91. The van der Waals surface area contributed by atoms with Crippen LogP contribution in [0.2, 0.25) is 0 Å². The number of sulfone groups is 1. The number of benzene rings is 1. The number of carbonyl (C=O) groups excluding carboxylic acids is 1. The van der Waals surface area contributed by atoms with Crippen LogP contribution in [-0.2, 0) is 9.84 Å². The molecule has 6 nitrogen and oxygen atoms in total. The zero-order valence-corrected chi connectivity index (χ0v) is 17.4. The maximum Gasteiger partial charge on any atom is 0.344 e. The Morgan fingerprint density at radius 1 is 1.16 bits per heavy atom. The first-order valence-corrected chi connectivity index (χ1v) is 10.3. The van der Waals surface area contributed by atoms with Gasteiger partial charge in [0.05, 0.1) is 15.6 Å². The minimum absolute atomic E-state index is 0.150. The predicted molar refractivity (Wildman–Crippen MR) is 99.7 cm³/mol. The van der Waals surface area contributed by atoms with Gasteiger partial charge in [-0.15, -0.1) is 0 Å². The molecule has 0 bridgehead atoms. The largest absolute Gasteiger partial charge is 0.344 e. The van der Waals surface area contributed by atoms with Gasteiger partial charge >= 0.3 is 6.03 Å². The third kappa shape index (κ3) is 3.64. The number of hydrogen-bond donors (Lipinski definition) is 0. The molecule has 0 aliphatic rings. The summed E-state index contributed by atoms with van der Waals surface area (Å²) in [6.45, 7) is 10.2. The number of aryl methyl sites for hydroxylation is 3. The van der Waals surface area contributed by atoms with Crippen molar-refractivity contribution >= 4 is 31.8 Å². The van der Waals surface area contributed by atoms with Crippen molar-refractivity contribution in [3.05, 3.63) is 39.5 Å². The third-order valence-corrected chi connectivity index (χ3v) is 6.83. The summed E-state index contributed by atoms with van der Waals surface area (Å²) < 4.78 is 27.6. The SMILES string of the molecule is CCN(CC)C(=O)n1cc(Br)c(S(=O)(=O)c2c(C)cc(C)cc2C)n1. The Morgan fingerprint density at radius 3 is 2.16 bits per heavy atom. The summed E-state index contributed by atoms with van der Waals surface area (Å²) in [5.41, 5.74) is 2.32. The first-order valence-electron chi connectivity index (χ1n) is 8.00. The summed E-state index contributed by atoms with van der Waals surface area (Å²) >= 11 is 3.24. The van der Waals surface area contributed by atoms with Crippen molar-refractivity contribution in [2.45, 2.75) is 44.5 Å². The van der Waals surface area contributed by atoms with Crippen LogP contribution in [0.1, 0.15) is 30.5 Å². The molecule has 2 aromatic rings. The zero-order chi connectivity index (χ0) is 18.9. The van der Waals surface area contributed by atoms with Crippen molar-refractivity contribution in [1.29, 1.82) is 0 Å². The van der Waals surface area contributed by atoms with Crippen LogP contribution in [0.25, 0.3) is 0 Å². The Hall–Kier alpha value is -1.67. The quantitative estimate of drug-likeness (QED) is 0.744. The van der Waals surface area contributed by atoms with Gasteiger partial charge in [-0.25, -0.2) is 13.2 Å². The number of hydrogen-bond acceptors (Lipinski definition) is 4. The smallest absolute Gasteiger partial charge is 0.323 e. The van der Waals surface area contributed by atoms with Gasteiger partial charge in [0.15, 0.2) is 5.03 Å². The fourth-order valence-corrected chi connectivity index (χ4v) is 5.52. The highest BCUT2D eigenvalue weighted by Crippen LogP contribution is 2.31. The molecule has 1 aromatic heterocycles. The lowest BCUT2D eigenvalue weighted by Crippen LogP contribution is -2.34. The Labute approximate surface area is 156 Å². The summed E-state index contributed by atoms with van der Waals surface area (Å²) in [6.07, 6.45) is 1.40. The summed E-state index contributed by atoms with van der Waals surface area (Å²) in [4.78, 5) is 14.2. The Balaban J connectivity index is 2.58. The molecule has 136 valence electrons. The lowest BCUT2D eigenvalue weighted by molar-refractivity contribution is 0.201. The van der Waals surface area contributed by atoms with Crippen LogP contribution >= 0.6 is 15.9 Å². The van der Waals surface area contributed by atoms with Crippen LogP contribution in [0.15, 0.2) is 32.7 Å². The van der Waals surface area contributed by atoms with E-state index < -0.39 is 9.84 Å². The fourth-order valence-electron chi connectivity index (χ4n) is 2.94. The molecule has 0 unspecified atom stereocenters. The molecule has 1 aromatic carbocycles. The van der Waals surface area contributed by atoms with Gasteiger partial charge in [-0.1, -0.05) is 17.7 Å². The number of rotatable bonds is 4. The molecule has 1 heterocycles. The number of nitrogens with zero attached hydrogens (tertiary/aromatic N) is 3. The lowest BCUT2D eigenvalue weighted by Gasteiger charge is -2.17. The first-order chi connectivity index (χ1) is 11.6. The second-order valence-corrected chi connectivity index (χ2v) is 8.57. The van der Waals surface area contributed by atoms with Crippen molar-refractivity contribution in [2.24, 2.45) is 0 Å². The molecule has 0 aliphatic carbocycles. The van der Waals surface area contributed by atoms with Crippen molar-refractivity contribution < 1.29 is 13.2 Å². The second kappa shape index (κ2) is 7.29. The van der Waals surface area contributed by atoms with E-state index in [1.54, 1.807) is 18.7 Å². The number of aromatic nitrogens is 2. The van der Waals surface area contributed by atoms with Gasteiger partial charge in [0, 0.05) is 13.1 Å². The van der Waals surface area contributed by atoms with Gasteiger partial charge in [-0.2, -0.15) is 9.78 Å². The van der Waals surface area contributed by atoms with Crippen LogP contribution < -0.4 is 0 Å². The van der Waals surface area contributed by atoms with Gasteiger partial charge in [0.1, 0.15) is 0 Å². The molecule has 0 atom stereocenters. The van der Waals surface area contributed by atoms with Gasteiger partial charge in [0.2, 0.25) is 9.84 Å². The molecular weight excluding hydrogens is 406 g/mol. The molecule has 1 amide bonds. The highest BCUT2D eigenvalue weighted by atomic mass is 79.9. The summed E-state index contributed by atoms with van der Waals surface area (Å²) in [7, 11) is -3.85. The van der Waals surface area contributed by atoms with Crippen LogP contribution in [-0.4, -0.2) is 42.2 Å². The standard InChI is InChI=1S/C17H22BrN3O3S/c1-6-20(7-2)17(22)21-10-14(18)16(19-21)25(23,24)15-12(4)8-11(3)9-13(15)5/h8-10H,6-7H2,1-5H3. The highest BCUT2D eigenvalue weighted by molar-refractivity contribution is 9.10. The van der Waals surface area contributed by atoms with Crippen molar-refractivity contribution in [1.82, 2.24) is 14.7 Å². The van der Waals surface area contributed by atoms with Gasteiger partial charge in [-0.3, -0.25) is 0 Å². The molecule has 0 N–H and O–H groups in total. The average Bonchev–Trinajstić information content (AvgIpc) is 2.89. The van der Waals surface area contributed by atoms with E-state index in [9.17, 15) is 13.2 Å². The van der Waals surface area contributed by atoms with E-state index in [1.165, 1.54) is 6.20 Å². The van der Waals surface area contributed by atoms with Crippen LogP contribution in [0.4, 0.5) is 4.79 Å². The maximum atomic E-state index is 13.1. The van der Waals surface area contributed by atoms with Crippen molar-refractivity contribution in [3.8, 4) is 0 Å². The van der Waals surface area contributed by atoms with Crippen molar-refractivity contribution in [3.63, 3.8) is 0 Å². The van der Waals surface area contributed by atoms with E-state index in [0.717, 1.165) is 10.2 Å². The first kappa shape index (κ1) is 19.7. The molecule has 25 heavy (non-hydrogen) atoms.